The Morgan fingerprint density at radius 1 is 1.26 bits per heavy atom. The molecule has 3 aliphatic carbocycles. The van der Waals surface area contributed by atoms with Crippen LogP contribution in [0.5, 0.6) is 0 Å². The number of nitrogens with zero attached hydrogens (tertiary/aromatic N) is 2. The zero-order valence-corrected chi connectivity index (χ0v) is 13.7. The summed E-state index contributed by atoms with van der Waals surface area (Å²) in [5.74, 6) is -0.390. The van der Waals surface area contributed by atoms with Crippen LogP contribution < -0.4 is 0 Å². The molecule has 4 heteroatoms. The minimum Gasteiger partial charge on any atom is -0.299 e. The first-order valence-electron chi connectivity index (χ1n) is 7.75. The maximum atomic E-state index is 12.4. The predicted octanol–water partition coefficient (Wildman–Crippen LogP) is 4.39. The summed E-state index contributed by atoms with van der Waals surface area (Å²) in [5, 5.41) is 20.2. The molecule has 2 bridgehead atoms. The second-order valence-electron chi connectivity index (χ2n) is 6.82. The van der Waals surface area contributed by atoms with Crippen molar-refractivity contribution in [1.82, 2.24) is 0 Å². The fourth-order valence-corrected chi connectivity index (χ4v) is 4.30. The van der Waals surface area contributed by atoms with Crippen LogP contribution in [-0.4, -0.2) is 5.78 Å². The number of benzene rings is 1. The van der Waals surface area contributed by atoms with Crippen molar-refractivity contribution in [1.29, 1.82) is 10.5 Å². The van der Waals surface area contributed by atoms with Gasteiger partial charge in [0.25, 0.3) is 0 Å². The van der Waals surface area contributed by atoms with Gasteiger partial charge >= 0.3 is 0 Å². The number of carbonyl (C=O) groups excluding carboxylic acids is 1. The number of hydrogen-bond donors (Lipinski definition) is 0. The first-order chi connectivity index (χ1) is 11.0. The molecule has 0 heterocycles. The third-order valence-corrected chi connectivity index (χ3v) is 5.84. The summed E-state index contributed by atoms with van der Waals surface area (Å²) >= 11 is 5.88. The zero-order chi connectivity index (χ0) is 16.7. The summed E-state index contributed by atoms with van der Waals surface area (Å²) in [6.07, 6.45) is 5.63. The molecule has 0 radical (unpaired) electrons. The van der Waals surface area contributed by atoms with Gasteiger partial charge in [-0.1, -0.05) is 42.8 Å². The smallest absolute Gasteiger partial charge is 0.156 e. The number of rotatable bonds is 2. The summed E-state index contributed by atoms with van der Waals surface area (Å²) in [6, 6.07) is 11.9. The lowest BCUT2D eigenvalue weighted by Crippen LogP contribution is -2.57. The van der Waals surface area contributed by atoms with E-state index in [1.165, 1.54) is 0 Å². The topological polar surface area (TPSA) is 64.7 Å². The minimum atomic E-state index is -1.13. The number of carbonyl (C=O) groups is 1. The number of fused-ring (bicyclic) bond motifs is 3. The van der Waals surface area contributed by atoms with Gasteiger partial charge in [-0.3, -0.25) is 4.79 Å². The highest BCUT2D eigenvalue weighted by molar-refractivity contribution is 6.30. The molecule has 23 heavy (non-hydrogen) atoms. The molecule has 0 aromatic heterocycles. The molecule has 116 valence electrons. The fraction of sp³-hybridized carbons (Fsp3) is 0.421. The van der Waals surface area contributed by atoms with E-state index in [1.54, 1.807) is 12.1 Å². The number of ketones is 1. The van der Waals surface area contributed by atoms with Crippen molar-refractivity contribution < 1.29 is 4.79 Å². The van der Waals surface area contributed by atoms with Gasteiger partial charge in [-0.05, 0) is 30.5 Å². The molecular weight excluding hydrogens is 308 g/mol. The highest BCUT2D eigenvalue weighted by atomic mass is 35.5. The van der Waals surface area contributed by atoms with Crippen LogP contribution in [0.4, 0.5) is 0 Å². The van der Waals surface area contributed by atoms with Crippen LogP contribution in [0.2, 0.25) is 5.02 Å². The lowest BCUT2D eigenvalue weighted by Gasteiger charge is -2.55. The van der Waals surface area contributed by atoms with E-state index in [4.69, 9.17) is 11.6 Å². The van der Waals surface area contributed by atoms with Gasteiger partial charge in [0.1, 0.15) is 5.78 Å². The van der Waals surface area contributed by atoms with Crippen LogP contribution in [-0.2, 0) is 4.79 Å². The Balaban J connectivity index is 2.01. The maximum absolute atomic E-state index is 12.4. The van der Waals surface area contributed by atoms with Crippen molar-refractivity contribution in [2.75, 3.05) is 0 Å². The van der Waals surface area contributed by atoms with E-state index in [9.17, 15) is 15.3 Å². The van der Waals surface area contributed by atoms with Crippen molar-refractivity contribution in [2.24, 2.45) is 22.7 Å². The van der Waals surface area contributed by atoms with Gasteiger partial charge in [-0.2, -0.15) is 10.5 Å². The highest BCUT2D eigenvalue weighted by Gasteiger charge is 2.64. The molecule has 3 aliphatic rings. The van der Waals surface area contributed by atoms with Crippen LogP contribution in [0, 0.1) is 45.3 Å². The van der Waals surface area contributed by atoms with E-state index in [2.05, 4.69) is 12.1 Å². The van der Waals surface area contributed by atoms with Crippen molar-refractivity contribution in [3.8, 4) is 12.1 Å². The number of halogens is 1. The zero-order valence-electron chi connectivity index (χ0n) is 12.9. The van der Waals surface area contributed by atoms with Crippen LogP contribution in [0.25, 0.3) is 6.08 Å². The average molecular weight is 325 g/mol. The highest BCUT2D eigenvalue weighted by Crippen LogP contribution is 2.62. The first kappa shape index (κ1) is 15.8. The van der Waals surface area contributed by atoms with Crippen molar-refractivity contribution in [2.45, 2.75) is 26.2 Å². The summed E-state index contributed by atoms with van der Waals surface area (Å²) in [6.45, 7) is 1.91. The Bertz CT molecular complexity index is 739. The molecular formula is C19H17ClN2O. The summed E-state index contributed by atoms with van der Waals surface area (Å²) in [5.41, 5.74) is -0.748. The lowest BCUT2D eigenvalue weighted by atomic mass is 9.44. The molecule has 3 saturated carbocycles. The standard InChI is InChI=1S/C19H17ClN2O/c1-18-9-8-15(17(23)10-18)16(19(18,11-21)12-22)7-4-13-2-5-14(20)6-3-13/h2-7,15-16H,8-10H2,1H3/b7-4+/t15-,16+,18-/m1/s1. The number of nitriles is 2. The quantitative estimate of drug-likeness (QED) is 0.810. The summed E-state index contributed by atoms with van der Waals surface area (Å²) < 4.78 is 0. The normalized spacial score (nSPS) is 31.7. The van der Waals surface area contributed by atoms with E-state index in [1.807, 2.05) is 31.2 Å². The van der Waals surface area contributed by atoms with Crippen LogP contribution in [0.15, 0.2) is 30.3 Å². The molecule has 3 atom stereocenters. The van der Waals surface area contributed by atoms with Gasteiger partial charge in [0.2, 0.25) is 0 Å². The summed E-state index contributed by atoms with van der Waals surface area (Å²) in [7, 11) is 0. The Morgan fingerprint density at radius 2 is 1.91 bits per heavy atom. The van der Waals surface area contributed by atoms with E-state index < -0.39 is 10.8 Å². The van der Waals surface area contributed by atoms with E-state index in [-0.39, 0.29) is 17.6 Å². The molecule has 3 fully saturated rings. The van der Waals surface area contributed by atoms with Crippen LogP contribution in [0.3, 0.4) is 0 Å². The average Bonchev–Trinajstić information content (AvgIpc) is 2.54. The molecule has 0 spiro atoms. The molecule has 0 N–H and O–H groups in total. The molecule has 0 aliphatic heterocycles. The van der Waals surface area contributed by atoms with Gasteiger partial charge in [0.05, 0.1) is 12.1 Å². The van der Waals surface area contributed by atoms with Gasteiger partial charge in [-0.25, -0.2) is 0 Å². The van der Waals surface area contributed by atoms with Crippen molar-refractivity contribution >= 4 is 23.5 Å². The van der Waals surface area contributed by atoms with Crippen LogP contribution >= 0.6 is 11.6 Å². The monoisotopic (exact) mass is 324 g/mol. The van der Waals surface area contributed by atoms with E-state index >= 15 is 0 Å². The Labute approximate surface area is 141 Å². The Kier molecular flexibility index (Phi) is 3.78. The molecule has 1 aromatic rings. The predicted molar refractivity (Wildman–Crippen MR) is 88.1 cm³/mol. The number of allylic oxidation sites excluding steroid dienone is 1. The second-order valence-corrected chi connectivity index (χ2v) is 7.25. The molecule has 0 unspecified atom stereocenters. The fourth-order valence-electron chi connectivity index (χ4n) is 4.17. The molecule has 0 amide bonds. The van der Waals surface area contributed by atoms with Crippen molar-refractivity contribution in [3.63, 3.8) is 0 Å². The molecule has 1 aromatic carbocycles. The van der Waals surface area contributed by atoms with E-state index in [0.29, 0.717) is 11.4 Å². The minimum absolute atomic E-state index is 0.186. The molecule has 4 rings (SSSR count). The van der Waals surface area contributed by atoms with Gasteiger partial charge in [0.15, 0.2) is 5.41 Å². The Hall–Kier alpha value is -2.10. The first-order valence-corrected chi connectivity index (χ1v) is 8.12. The Morgan fingerprint density at radius 3 is 2.48 bits per heavy atom. The largest absolute Gasteiger partial charge is 0.299 e. The number of hydrogen-bond acceptors (Lipinski definition) is 3. The lowest BCUT2D eigenvalue weighted by molar-refractivity contribution is -0.143. The maximum Gasteiger partial charge on any atom is 0.156 e. The number of Topliss-reactive ketones (excluding diaryl/α,β-unsaturated/α-hetero) is 1. The van der Waals surface area contributed by atoms with Gasteiger partial charge in [0, 0.05) is 28.7 Å². The van der Waals surface area contributed by atoms with Gasteiger partial charge in [-0.15, -0.1) is 0 Å². The summed E-state index contributed by atoms with van der Waals surface area (Å²) in [4.78, 5) is 12.4. The van der Waals surface area contributed by atoms with Crippen molar-refractivity contribution in [3.05, 3.63) is 40.9 Å². The SMILES string of the molecule is C[C@@]12CC[C@@H](C(=O)C1)[C@H](/C=C/c1ccc(Cl)cc1)C2(C#N)C#N. The van der Waals surface area contributed by atoms with E-state index in [0.717, 1.165) is 18.4 Å². The third kappa shape index (κ3) is 2.28. The molecule has 3 nitrogen and oxygen atoms in total. The third-order valence-electron chi connectivity index (χ3n) is 5.59. The van der Waals surface area contributed by atoms with Crippen LogP contribution in [0.1, 0.15) is 31.7 Å². The second kappa shape index (κ2) is 5.52. The van der Waals surface area contributed by atoms with Gasteiger partial charge < -0.3 is 0 Å². The molecule has 0 saturated heterocycles.